The number of carboxylic acids is 1. The van der Waals surface area contributed by atoms with E-state index >= 15 is 0 Å². The van der Waals surface area contributed by atoms with Crippen LogP contribution in [0, 0.1) is 6.92 Å². The van der Waals surface area contributed by atoms with Crippen molar-refractivity contribution >= 4 is 17.6 Å². The fraction of sp³-hybridized carbons (Fsp3) is 0.333. The van der Waals surface area contributed by atoms with E-state index in [1.54, 1.807) is 36.2 Å². The average molecular weight is 371 g/mol. The van der Waals surface area contributed by atoms with Crippen molar-refractivity contribution < 1.29 is 24.2 Å². The number of aryl methyl sites for hydroxylation is 1. The summed E-state index contributed by atoms with van der Waals surface area (Å²) in [6.07, 6.45) is 1.98. The molecule has 0 atom stereocenters. The molecule has 27 heavy (non-hydrogen) atoms. The molecule has 0 bridgehead atoms. The van der Waals surface area contributed by atoms with Crippen molar-refractivity contribution in [2.75, 3.05) is 25.2 Å². The maximum Gasteiger partial charge on any atom is 0.341 e. The Balaban J connectivity index is 1.71. The maximum absolute atomic E-state index is 12.3. The van der Waals surface area contributed by atoms with Crippen LogP contribution in [0.2, 0.25) is 0 Å². The van der Waals surface area contributed by atoms with Gasteiger partial charge in [0, 0.05) is 19.2 Å². The summed E-state index contributed by atoms with van der Waals surface area (Å²) in [5, 5.41) is 8.60. The van der Waals surface area contributed by atoms with Crippen molar-refractivity contribution in [3.8, 4) is 11.5 Å². The zero-order chi connectivity index (χ0) is 19.6. The Bertz CT molecular complexity index is 757. The van der Waals surface area contributed by atoms with Crippen molar-refractivity contribution in [2.45, 2.75) is 26.2 Å². The van der Waals surface area contributed by atoms with E-state index in [-0.39, 0.29) is 5.91 Å². The lowest BCUT2D eigenvalue weighted by molar-refractivity contribution is -0.139. The van der Waals surface area contributed by atoms with Gasteiger partial charge in [-0.25, -0.2) is 4.79 Å². The Morgan fingerprint density at radius 3 is 2.41 bits per heavy atom. The van der Waals surface area contributed by atoms with Crippen LogP contribution in [0.15, 0.2) is 48.5 Å². The number of carbonyl (C=O) groups is 2. The molecule has 0 spiro atoms. The van der Waals surface area contributed by atoms with Gasteiger partial charge in [-0.3, -0.25) is 4.79 Å². The number of ether oxygens (including phenoxy) is 2. The molecule has 2 aromatic rings. The first-order chi connectivity index (χ1) is 13.0. The molecule has 0 saturated carbocycles. The topological polar surface area (TPSA) is 76.1 Å². The molecular formula is C21H25NO5. The lowest BCUT2D eigenvalue weighted by Gasteiger charge is -2.18. The first kappa shape index (κ1) is 20.3. The van der Waals surface area contributed by atoms with Crippen LogP contribution in [0.25, 0.3) is 0 Å². The number of nitrogens with zero attached hydrogens (tertiary/aromatic N) is 1. The molecule has 6 heteroatoms. The van der Waals surface area contributed by atoms with Crippen LogP contribution in [-0.4, -0.2) is 37.2 Å². The van der Waals surface area contributed by atoms with E-state index in [1.165, 1.54) is 0 Å². The average Bonchev–Trinajstić information content (AvgIpc) is 2.66. The summed E-state index contributed by atoms with van der Waals surface area (Å²) >= 11 is 0. The molecule has 0 aromatic heterocycles. The third kappa shape index (κ3) is 7.01. The van der Waals surface area contributed by atoms with Gasteiger partial charge >= 0.3 is 5.97 Å². The monoisotopic (exact) mass is 371 g/mol. The van der Waals surface area contributed by atoms with Gasteiger partial charge in [-0.15, -0.1) is 0 Å². The lowest BCUT2D eigenvalue weighted by Crippen LogP contribution is -2.25. The van der Waals surface area contributed by atoms with Gasteiger partial charge in [0.2, 0.25) is 5.91 Å². The highest BCUT2D eigenvalue weighted by atomic mass is 16.5. The Morgan fingerprint density at radius 1 is 1.00 bits per heavy atom. The van der Waals surface area contributed by atoms with Crippen molar-refractivity contribution in [3.63, 3.8) is 0 Å². The molecule has 0 fully saturated rings. The molecular weight excluding hydrogens is 346 g/mol. The maximum atomic E-state index is 12.3. The summed E-state index contributed by atoms with van der Waals surface area (Å²) in [4.78, 5) is 24.4. The number of hydrogen-bond donors (Lipinski definition) is 1. The van der Waals surface area contributed by atoms with Gasteiger partial charge < -0.3 is 19.5 Å². The Morgan fingerprint density at radius 2 is 1.74 bits per heavy atom. The minimum absolute atomic E-state index is 0.0183. The molecule has 0 saturated heterocycles. The molecule has 1 N–H and O–H groups in total. The van der Waals surface area contributed by atoms with Crippen LogP contribution in [0.4, 0.5) is 5.69 Å². The number of anilines is 1. The van der Waals surface area contributed by atoms with Gasteiger partial charge in [-0.1, -0.05) is 12.1 Å². The third-order valence-electron chi connectivity index (χ3n) is 4.00. The number of amides is 1. The number of hydrogen-bond acceptors (Lipinski definition) is 4. The number of benzene rings is 2. The van der Waals surface area contributed by atoms with Gasteiger partial charge in [0.25, 0.3) is 0 Å². The first-order valence-electron chi connectivity index (χ1n) is 8.86. The van der Waals surface area contributed by atoms with Crippen molar-refractivity contribution in [1.82, 2.24) is 0 Å². The molecule has 144 valence electrons. The summed E-state index contributed by atoms with van der Waals surface area (Å²) in [6.45, 7) is 2.21. The van der Waals surface area contributed by atoms with Gasteiger partial charge in [0.05, 0.1) is 6.61 Å². The summed E-state index contributed by atoms with van der Waals surface area (Å²) in [6, 6.07) is 14.7. The molecule has 0 unspecified atom stereocenters. The Hall–Kier alpha value is -3.02. The Labute approximate surface area is 159 Å². The number of aliphatic carboxylic acids is 1. The minimum atomic E-state index is -1.03. The van der Waals surface area contributed by atoms with Crippen LogP contribution in [-0.2, 0) is 9.59 Å². The van der Waals surface area contributed by atoms with Gasteiger partial charge in [0.15, 0.2) is 6.61 Å². The highest BCUT2D eigenvalue weighted by Gasteiger charge is 2.11. The molecule has 0 heterocycles. The van der Waals surface area contributed by atoms with Crippen molar-refractivity contribution in [3.05, 3.63) is 54.1 Å². The predicted molar refractivity (Wildman–Crippen MR) is 104 cm³/mol. The highest BCUT2D eigenvalue weighted by Crippen LogP contribution is 2.19. The zero-order valence-corrected chi connectivity index (χ0v) is 15.7. The normalized spacial score (nSPS) is 10.3. The second kappa shape index (κ2) is 10.2. The molecule has 0 aliphatic carbocycles. The van der Waals surface area contributed by atoms with E-state index in [0.29, 0.717) is 18.8 Å². The summed E-state index contributed by atoms with van der Waals surface area (Å²) in [5.74, 6) is 0.293. The highest BCUT2D eigenvalue weighted by molar-refractivity contribution is 5.92. The molecule has 2 aromatic carbocycles. The summed E-state index contributed by atoms with van der Waals surface area (Å²) < 4.78 is 10.8. The third-order valence-corrected chi connectivity index (χ3v) is 4.00. The molecule has 0 radical (unpaired) electrons. The fourth-order valence-corrected chi connectivity index (χ4v) is 2.50. The van der Waals surface area contributed by atoms with Crippen LogP contribution >= 0.6 is 0 Å². The number of carboxylic acid groups (broad SMARTS) is 1. The second-order valence-electron chi connectivity index (χ2n) is 6.25. The van der Waals surface area contributed by atoms with E-state index in [2.05, 4.69) is 0 Å². The number of unbranched alkanes of at least 4 members (excludes halogenated alkanes) is 1. The fourth-order valence-electron chi connectivity index (χ4n) is 2.50. The van der Waals surface area contributed by atoms with Crippen LogP contribution in [0.3, 0.4) is 0 Å². The van der Waals surface area contributed by atoms with Crippen LogP contribution in [0.5, 0.6) is 11.5 Å². The standard InChI is InChI=1S/C21H25NO5/c1-16-6-5-7-19(14-16)26-13-4-3-8-20(23)22(2)17-9-11-18(12-10-17)27-15-21(24)25/h5-7,9-12,14H,3-4,8,13,15H2,1-2H3,(H,24,25). The second-order valence-corrected chi connectivity index (χ2v) is 6.25. The van der Waals surface area contributed by atoms with E-state index in [1.807, 2.05) is 31.2 Å². The van der Waals surface area contributed by atoms with E-state index in [9.17, 15) is 9.59 Å². The SMILES string of the molecule is Cc1cccc(OCCCCC(=O)N(C)c2ccc(OCC(=O)O)cc2)c1. The molecule has 2 rings (SSSR count). The van der Waals surface area contributed by atoms with E-state index in [0.717, 1.165) is 29.8 Å². The molecule has 0 aliphatic rings. The smallest absolute Gasteiger partial charge is 0.341 e. The van der Waals surface area contributed by atoms with Gasteiger partial charge in [-0.2, -0.15) is 0 Å². The van der Waals surface area contributed by atoms with E-state index < -0.39 is 12.6 Å². The van der Waals surface area contributed by atoms with Crippen LogP contribution in [0.1, 0.15) is 24.8 Å². The predicted octanol–water partition coefficient (Wildman–Crippen LogP) is 3.67. The van der Waals surface area contributed by atoms with Gasteiger partial charge in [0.1, 0.15) is 11.5 Å². The Kier molecular flexibility index (Phi) is 7.67. The lowest BCUT2D eigenvalue weighted by atomic mass is 10.2. The molecule has 1 amide bonds. The minimum Gasteiger partial charge on any atom is -0.494 e. The first-order valence-corrected chi connectivity index (χ1v) is 8.86. The number of carbonyl (C=O) groups excluding carboxylic acids is 1. The van der Waals surface area contributed by atoms with E-state index in [4.69, 9.17) is 14.6 Å². The quantitative estimate of drug-likeness (QED) is 0.645. The van der Waals surface area contributed by atoms with Gasteiger partial charge in [-0.05, 0) is 61.7 Å². The van der Waals surface area contributed by atoms with Crippen molar-refractivity contribution in [2.24, 2.45) is 0 Å². The summed E-state index contributed by atoms with van der Waals surface area (Å²) in [5.41, 5.74) is 1.89. The molecule has 0 aliphatic heterocycles. The number of rotatable bonds is 10. The molecule has 6 nitrogen and oxygen atoms in total. The van der Waals surface area contributed by atoms with Crippen LogP contribution < -0.4 is 14.4 Å². The summed E-state index contributed by atoms with van der Waals surface area (Å²) in [7, 11) is 1.72. The van der Waals surface area contributed by atoms with Crippen molar-refractivity contribution in [1.29, 1.82) is 0 Å². The largest absolute Gasteiger partial charge is 0.494 e. The zero-order valence-electron chi connectivity index (χ0n) is 15.7.